The molecule has 0 spiro atoms. The van der Waals surface area contributed by atoms with Gasteiger partial charge in [-0.2, -0.15) is 0 Å². The predicted octanol–water partition coefficient (Wildman–Crippen LogP) is 3.54. The Morgan fingerprint density at radius 3 is 2.69 bits per heavy atom. The zero-order valence-corrected chi connectivity index (χ0v) is 16.7. The molecule has 142 valence electrons. The number of aromatic nitrogens is 2. The van der Waals surface area contributed by atoms with E-state index in [1.165, 1.54) is 6.26 Å². The summed E-state index contributed by atoms with van der Waals surface area (Å²) >= 11 is 0. The van der Waals surface area contributed by atoms with Crippen LogP contribution in [0.15, 0.2) is 23.1 Å². The van der Waals surface area contributed by atoms with Gasteiger partial charge in [-0.15, -0.1) is 0 Å². The summed E-state index contributed by atoms with van der Waals surface area (Å²) in [4.78, 5) is 18.6. The number of fused-ring (bicyclic) bond motifs is 1. The van der Waals surface area contributed by atoms with Gasteiger partial charge in [0.15, 0.2) is 0 Å². The third kappa shape index (κ3) is 3.75. The summed E-state index contributed by atoms with van der Waals surface area (Å²) in [6.07, 6.45) is 1.04. The summed E-state index contributed by atoms with van der Waals surface area (Å²) < 4.78 is 28.0. The molecule has 26 heavy (non-hydrogen) atoms. The van der Waals surface area contributed by atoms with E-state index in [1.54, 1.807) is 4.90 Å². The number of rotatable bonds is 2. The first kappa shape index (κ1) is 19.2. The van der Waals surface area contributed by atoms with Crippen molar-refractivity contribution in [2.75, 3.05) is 19.3 Å². The second-order valence-electron chi connectivity index (χ2n) is 8.02. The van der Waals surface area contributed by atoms with Crippen LogP contribution in [-0.4, -0.2) is 61.5 Å². The molecule has 0 saturated carbocycles. The number of carbonyl (C=O) groups excluding carboxylic acids is 1. The van der Waals surface area contributed by atoms with Crippen LogP contribution in [0.4, 0.5) is 4.79 Å². The first-order chi connectivity index (χ1) is 12.0. The number of ether oxygens (including phenoxy) is 1. The van der Waals surface area contributed by atoms with E-state index in [0.717, 1.165) is 5.52 Å². The Morgan fingerprint density at radius 1 is 1.38 bits per heavy atom. The predicted molar refractivity (Wildman–Crippen MR) is 104 cm³/mol. The van der Waals surface area contributed by atoms with Crippen molar-refractivity contribution in [2.24, 2.45) is 5.92 Å². The van der Waals surface area contributed by atoms with Gasteiger partial charge >= 0.3 is 155 Å². The first-order valence-corrected chi connectivity index (χ1v) is 10.6. The van der Waals surface area contributed by atoms with Crippen LogP contribution in [0.5, 0.6) is 0 Å². The van der Waals surface area contributed by atoms with Crippen LogP contribution >= 0.6 is 10.6 Å². The normalized spacial score (nSPS) is 21.9. The topological polar surface area (TPSA) is 87.8 Å². The molecule has 9 heteroatoms. The molecule has 3 rings (SSSR count). The maximum atomic E-state index is 12.5. The molecule has 3 heterocycles. The van der Waals surface area contributed by atoms with E-state index >= 15 is 0 Å². The molecule has 1 saturated heterocycles. The van der Waals surface area contributed by atoms with Gasteiger partial charge in [0.05, 0.1) is 0 Å². The van der Waals surface area contributed by atoms with Crippen LogP contribution in [0.25, 0.3) is 11.0 Å². The number of carbonyl (C=O) groups is 1. The van der Waals surface area contributed by atoms with Gasteiger partial charge in [-0.25, -0.2) is 0 Å². The average molecular weight is 379 g/mol. The average Bonchev–Trinajstić information content (AvgIpc) is 3.05. The van der Waals surface area contributed by atoms with Crippen LogP contribution in [-0.2, 0) is 4.74 Å². The van der Waals surface area contributed by atoms with Gasteiger partial charge in [-0.05, 0) is 0 Å². The maximum absolute atomic E-state index is 12.5. The molecule has 2 N–H and O–H groups in total. The number of amides is 1. The zero-order valence-electron chi connectivity index (χ0n) is 15.8. The number of nitrogens with zero attached hydrogens (tertiary/aromatic N) is 3. The van der Waals surface area contributed by atoms with Crippen LogP contribution in [0.2, 0.25) is 0 Å². The first-order valence-electron chi connectivity index (χ1n) is 8.65. The van der Waals surface area contributed by atoms with E-state index in [1.807, 2.05) is 50.2 Å². The summed E-state index contributed by atoms with van der Waals surface area (Å²) in [5, 5.41) is 0.265. The van der Waals surface area contributed by atoms with Crippen molar-refractivity contribution >= 4 is 34.6 Å². The second kappa shape index (κ2) is 6.54. The standard InChI is InChI=1S/C17H26BN3O4S/c1-11-9-20(16(22)25-17(2,3)4)10-14(11)21-13-8-18-7-6-12(13)19-15(21)26(5,23)24/h6-8,11,14,23-24H,9-10H2,1-5H3/t11-,14-/m0/s1. The van der Waals surface area contributed by atoms with Gasteiger partial charge in [0, 0.05) is 0 Å². The fourth-order valence-corrected chi connectivity index (χ4v) is 4.25. The SMILES string of the molecule is C[C@H]1CN(C(=O)OC(C)(C)C)C[C@@H]1n1c(S(C)(O)O)nc2ccbcc21. The Balaban J connectivity index is 1.98. The third-order valence-electron chi connectivity index (χ3n) is 4.47. The zero-order chi connectivity index (χ0) is 19.3. The molecule has 0 unspecified atom stereocenters. The van der Waals surface area contributed by atoms with Crippen molar-refractivity contribution in [3.8, 4) is 0 Å². The monoisotopic (exact) mass is 379 g/mol. The molecule has 1 aliphatic heterocycles. The van der Waals surface area contributed by atoms with Gasteiger partial charge < -0.3 is 0 Å². The molecule has 7 nitrogen and oxygen atoms in total. The van der Waals surface area contributed by atoms with Gasteiger partial charge in [0.1, 0.15) is 0 Å². The molecule has 1 fully saturated rings. The number of imidazole rings is 1. The second-order valence-corrected chi connectivity index (χ2v) is 10.0. The number of hydrogen-bond donors (Lipinski definition) is 2. The summed E-state index contributed by atoms with van der Waals surface area (Å²) in [5.41, 5.74) is 1.00. The van der Waals surface area contributed by atoms with Crippen molar-refractivity contribution < 1.29 is 18.6 Å². The minimum absolute atomic E-state index is 0.101. The van der Waals surface area contributed by atoms with E-state index in [9.17, 15) is 13.9 Å². The van der Waals surface area contributed by atoms with E-state index in [-0.39, 0.29) is 23.2 Å². The van der Waals surface area contributed by atoms with Gasteiger partial charge in [0.25, 0.3) is 0 Å². The third-order valence-corrected chi connectivity index (χ3v) is 5.45. The molecule has 2 aromatic rings. The molecule has 1 aliphatic rings. The van der Waals surface area contributed by atoms with E-state index in [4.69, 9.17) is 4.74 Å². The summed E-state index contributed by atoms with van der Waals surface area (Å²) in [7, 11) is -3.01. The fraction of sp³-hybridized carbons (Fsp3) is 0.588. The Morgan fingerprint density at radius 2 is 2.08 bits per heavy atom. The van der Waals surface area contributed by atoms with Crippen molar-refractivity contribution in [3.63, 3.8) is 0 Å². The Hall–Kier alpha value is -1.58. The van der Waals surface area contributed by atoms with Gasteiger partial charge in [0.2, 0.25) is 0 Å². The van der Waals surface area contributed by atoms with Crippen molar-refractivity contribution in [3.05, 3.63) is 18.0 Å². The molecule has 2 atom stereocenters. The van der Waals surface area contributed by atoms with Gasteiger partial charge in [-0.1, -0.05) is 0 Å². The van der Waals surface area contributed by atoms with Crippen LogP contribution in [0, 0.1) is 5.92 Å². The minimum atomic E-state index is -3.01. The molecule has 0 bridgehead atoms. The van der Waals surface area contributed by atoms with Gasteiger partial charge in [-0.3, -0.25) is 0 Å². The summed E-state index contributed by atoms with van der Waals surface area (Å²) in [6, 6.07) is 1.75. The van der Waals surface area contributed by atoms with E-state index in [2.05, 4.69) is 11.9 Å². The number of hydrogen-bond acceptors (Lipinski definition) is 5. The molecule has 0 radical (unpaired) electrons. The van der Waals surface area contributed by atoms with Crippen molar-refractivity contribution in [2.45, 2.75) is 44.5 Å². The van der Waals surface area contributed by atoms with Crippen LogP contribution in [0.1, 0.15) is 33.7 Å². The Bertz CT molecular complexity index is 828. The quantitative estimate of drug-likeness (QED) is 0.833. The molecule has 1 amide bonds. The number of likely N-dealkylation sites (tertiary alicyclic amines) is 1. The molecule has 0 aliphatic carbocycles. The molecule has 2 aromatic heterocycles. The van der Waals surface area contributed by atoms with Crippen LogP contribution < -0.4 is 0 Å². The molecular formula is C17H26BN3O4S. The summed E-state index contributed by atoms with van der Waals surface area (Å²) in [5.74, 6) is 3.91. The Kier molecular flexibility index (Phi) is 4.83. The van der Waals surface area contributed by atoms with Crippen LogP contribution in [0.3, 0.4) is 0 Å². The van der Waals surface area contributed by atoms with E-state index < -0.39 is 16.2 Å². The van der Waals surface area contributed by atoms with E-state index in [0.29, 0.717) is 18.6 Å². The van der Waals surface area contributed by atoms with Crippen molar-refractivity contribution in [1.29, 1.82) is 0 Å². The Labute approximate surface area is 155 Å². The molecule has 0 aromatic carbocycles. The van der Waals surface area contributed by atoms with Crippen molar-refractivity contribution in [1.82, 2.24) is 14.5 Å². The summed E-state index contributed by atoms with van der Waals surface area (Å²) in [6.45, 7) is 10.5. The molecular weight excluding hydrogens is 353 g/mol. The fourth-order valence-electron chi connectivity index (χ4n) is 3.38.